The minimum atomic E-state index is -0.929. The maximum atomic E-state index is 11.8. The highest BCUT2D eigenvalue weighted by molar-refractivity contribution is 7.84. The van der Waals surface area contributed by atoms with Crippen molar-refractivity contribution in [2.45, 2.75) is 18.6 Å². The molecule has 0 saturated heterocycles. The minimum absolute atomic E-state index is 0.00394. The van der Waals surface area contributed by atoms with Crippen molar-refractivity contribution < 1.29 is 13.9 Å². The summed E-state index contributed by atoms with van der Waals surface area (Å²) in [6.45, 7) is 2.22. The molecule has 6 nitrogen and oxygen atoms in total. The molecule has 0 aliphatic heterocycles. The van der Waals surface area contributed by atoms with E-state index < -0.39 is 15.7 Å². The lowest BCUT2D eigenvalue weighted by Crippen LogP contribution is -2.27. The van der Waals surface area contributed by atoms with E-state index in [-0.39, 0.29) is 27.4 Å². The van der Waals surface area contributed by atoms with E-state index in [0.717, 1.165) is 0 Å². The summed E-state index contributed by atoms with van der Waals surface area (Å²) >= 11 is 5.73. The predicted molar refractivity (Wildman–Crippen MR) is 78.6 cm³/mol. The van der Waals surface area contributed by atoms with Gasteiger partial charge in [-0.2, -0.15) is 0 Å². The molecule has 0 fully saturated rings. The number of amides is 1. The van der Waals surface area contributed by atoms with Crippen LogP contribution in [0.5, 0.6) is 0 Å². The number of hydrogen-bond acceptors (Lipinski definition) is 4. The van der Waals surface area contributed by atoms with E-state index in [9.17, 15) is 19.1 Å². The Labute approximate surface area is 124 Å². The molecule has 0 saturated carbocycles. The number of nitrogens with zero attached hydrogens (tertiary/aromatic N) is 1. The molecular formula is C12H15ClN2O4S. The monoisotopic (exact) mass is 318 g/mol. The van der Waals surface area contributed by atoms with Crippen LogP contribution < -0.4 is 5.32 Å². The first-order chi connectivity index (χ1) is 9.32. The van der Waals surface area contributed by atoms with E-state index in [1.165, 1.54) is 18.2 Å². The molecule has 0 bridgehead atoms. The van der Waals surface area contributed by atoms with Gasteiger partial charge in [-0.1, -0.05) is 18.5 Å². The number of nitro benzene ring substituents is 1. The van der Waals surface area contributed by atoms with Gasteiger partial charge in [0.05, 0.1) is 4.92 Å². The van der Waals surface area contributed by atoms with Crippen LogP contribution in [0.25, 0.3) is 0 Å². The van der Waals surface area contributed by atoms with Gasteiger partial charge in [0.25, 0.3) is 11.6 Å². The van der Waals surface area contributed by atoms with Gasteiger partial charge in [-0.05, 0) is 18.6 Å². The molecule has 0 spiro atoms. The minimum Gasteiger partial charge on any atom is -0.352 e. The number of nitro groups is 1. The van der Waals surface area contributed by atoms with Crippen molar-refractivity contribution in [1.29, 1.82) is 0 Å². The van der Waals surface area contributed by atoms with Crippen LogP contribution in [0.4, 0.5) is 5.69 Å². The summed E-state index contributed by atoms with van der Waals surface area (Å²) in [5.74, 6) is -0.365. The van der Waals surface area contributed by atoms with E-state index >= 15 is 0 Å². The van der Waals surface area contributed by atoms with Crippen LogP contribution in [0, 0.1) is 10.1 Å². The maximum Gasteiger partial charge on any atom is 0.287 e. The van der Waals surface area contributed by atoms with Crippen molar-refractivity contribution in [3.63, 3.8) is 0 Å². The van der Waals surface area contributed by atoms with Crippen molar-refractivity contribution in [1.82, 2.24) is 5.32 Å². The van der Waals surface area contributed by atoms with E-state index in [1.54, 1.807) is 6.26 Å². The van der Waals surface area contributed by atoms with Crippen molar-refractivity contribution in [3.05, 3.63) is 38.9 Å². The summed E-state index contributed by atoms with van der Waals surface area (Å²) in [6, 6.07) is 3.80. The molecule has 1 amide bonds. The summed E-state index contributed by atoms with van der Waals surface area (Å²) in [5, 5.41) is 13.2. The van der Waals surface area contributed by atoms with Gasteiger partial charge in [0, 0.05) is 40.5 Å². The second-order valence-electron chi connectivity index (χ2n) is 4.28. The summed E-state index contributed by atoms with van der Waals surface area (Å²) in [4.78, 5) is 21.8. The first kappa shape index (κ1) is 16.6. The highest BCUT2D eigenvalue weighted by Crippen LogP contribution is 2.24. The molecule has 1 N–H and O–H groups in total. The smallest absolute Gasteiger partial charge is 0.287 e. The standard InChI is InChI=1S/C12H15ClN2O4S/c1-8(20(2)19)5-6-14-12(16)9-3-4-11(15(17)18)10(13)7-9/h3-4,7-8H,5-6H2,1-2H3,(H,14,16)/t8-,20+/m1/s1. The summed E-state index contributed by atoms with van der Waals surface area (Å²) in [5.41, 5.74) is 0.0177. The predicted octanol–water partition coefficient (Wildman–Crippen LogP) is 2.14. The van der Waals surface area contributed by atoms with E-state index in [4.69, 9.17) is 11.6 Å². The van der Waals surface area contributed by atoms with Crippen LogP contribution in [0.1, 0.15) is 23.7 Å². The van der Waals surface area contributed by atoms with Gasteiger partial charge in [0.2, 0.25) is 0 Å². The van der Waals surface area contributed by atoms with E-state index in [1.807, 2.05) is 6.92 Å². The Kier molecular flexibility index (Phi) is 6.09. The second kappa shape index (κ2) is 7.35. The topological polar surface area (TPSA) is 89.3 Å². The lowest BCUT2D eigenvalue weighted by molar-refractivity contribution is -0.384. The fourth-order valence-electron chi connectivity index (χ4n) is 1.45. The molecule has 0 aliphatic carbocycles. The van der Waals surface area contributed by atoms with Gasteiger partial charge in [-0.3, -0.25) is 19.1 Å². The van der Waals surface area contributed by atoms with Gasteiger partial charge < -0.3 is 5.32 Å². The fourth-order valence-corrected chi connectivity index (χ4v) is 2.15. The largest absolute Gasteiger partial charge is 0.352 e. The Morgan fingerprint density at radius 2 is 2.20 bits per heavy atom. The zero-order chi connectivity index (χ0) is 15.3. The van der Waals surface area contributed by atoms with Crippen molar-refractivity contribution in [2.75, 3.05) is 12.8 Å². The third kappa shape index (κ3) is 4.57. The van der Waals surface area contributed by atoms with E-state index in [0.29, 0.717) is 13.0 Å². The van der Waals surface area contributed by atoms with Crippen LogP contribution in [0.3, 0.4) is 0 Å². The molecule has 0 radical (unpaired) electrons. The lowest BCUT2D eigenvalue weighted by Gasteiger charge is -2.09. The van der Waals surface area contributed by atoms with Crippen LogP contribution in [-0.4, -0.2) is 33.1 Å². The van der Waals surface area contributed by atoms with Gasteiger partial charge in [-0.15, -0.1) is 0 Å². The Morgan fingerprint density at radius 1 is 1.55 bits per heavy atom. The summed E-state index contributed by atoms with van der Waals surface area (Å²) in [6.07, 6.45) is 2.21. The highest BCUT2D eigenvalue weighted by Gasteiger charge is 2.15. The summed E-state index contributed by atoms with van der Waals surface area (Å²) < 4.78 is 11.2. The molecule has 1 aromatic carbocycles. The first-order valence-corrected chi connectivity index (χ1v) is 7.87. The molecule has 110 valence electrons. The van der Waals surface area contributed by atoms with Crippen molar-refractivity contribution in [3.8, 4) is 0 Å². The highest BCUT2D eigenvalue weighted by atomic mass is 35.5. The van der Waals surface area contributed by atoms with Crippen LogP contribution >= 0.6 is 11.6 Å². The van der Waals surface area contributed by atoms with Crippen molar-refractivity contribution in [2.24, 2.45) is 0 Å². The molecule has 1 aromatic rings. The number of rotatable bonds is 6. The first-order valence-electron chi connectivity index (χ1n) is 5.87. The Morgan fingerprint density at radius 3 is 2.70 bits per heavy atom. The third-order valence-corrected chi connectivity index (χ3v) is 4.48. The zero-order valence-corrected chi connectivity index (χ0v) is 12.7. The van der Waals surface area contributed by atoms with Crippen LogP contribution in [-0.2, 0) is 10.8 Å². The Balaban J connectivity index is 2.62. The Hall–Kier alpha value is -1.47. The number of hydrogen-bond donors (Lipinski definition) is 1. The molecule has 8 heteroatoms. The SMILES string of the molecule is C[C@H](CCNC(=O)c1ccc([N+](=O)[O-])c(Cl)c1)[S@](C)=O. The lowest BCUT2D eigenvalue weighted by atomic mass is 10.2. The molecule has 0 aromatic heterocycles. The van der Waals surface area contributed by atoms with Gasteiger partial charge in [0.1, 0.15) is 5.02 Å². The van der Waals surface area contributed by atoms with E-state index in [2.05, 4.69) is 5.32 Å². The van der Waals surface area contributed by atoms with Gasteiger partial charge in [0.15, 0.2) is 0 Å². The fraction of sp³-hybridized carbons (Fsp3) is 0.417. The summed E-state index contributed by atoms with van der Waals surface area (Å²) in [7, 11) is -0.929. The average Bonchev–Trinajstić information content (AvgIpc) is 2.37. The number of carbonyl (C=O) groups excluding carboxylic acids is 1. The van der Waals surface area contributed by atoms with Gasteiger partial charge >= 0.3 is 0 Å². The maximum absolute atomic E-state index is 11.8. The zero-order valence-electron chi connectivity index (χ0n) is 11.1. The third-order valence-electron chi connectivity index (χ3n) is 2.81. The number of halogens is 1. The average molecular weight is 319 g/mol. The molecule has 2 atom stereocenters. The second-order valence-corrected chi connectivity index (χ2v) is 6.49. The molecule has 20 heavy (non-hydrogen) atoms. The molecule has 0 heterocycles. The van der Waals surface area contributed by atoms with Gasteiger partial charge in [-0.25, -0.2) is 0 Å². The normalized spacial score (nSPS) is 13.6. The Bertz CT molecular complexity index is 550. The number of nitrogens with one attached hydrogen (secondary N) is 1. The number of carbonyl (C=O) groups is 1. The quantitative estimate of drug-likeness (QED) is 0.642. The number of benzene rings is 1. The molecule has 1 rings (SSSR count). The van der Waals surface area contributed by atoms with Crippen molar-refractivity contribution >= 4 is 34.0 Å². The molecule has 0 unspecified atom stereocenters. The van der Waals surface area contributed by atoms with Crippen LogP contribution in [0.2, 0.25) is 5.02 Å². The molecule has 0 aliphatic rings. The van der Waals surface area contributed by atoms with Crippen LogP contribution in [0.15, 0.2) is 18.2 Å². The molecular weight excluding hydrogens is 304 g/mol.